The highest BCUT2D eigenvalue weighted by atomic mass is 79.9. The van der Waals surface area contributed by atoms with Crippen molar-refractivity contribution in [2.45, 2.75) is 0 Å². The van der Waals surface area contributed by atoms with E-state index in [0.29, 0.717) is 20.7 Å². The molecule has 0 saturated carbocycles. The van der Waals surface area contributed by atoms with E-state index in [1.54, 1.807) is 30.3 Å². The number of thiocarbonyl (C=S) groups is 1. The summed E-state index contributed by atoms with van der Waals surface area (Å²) in [5.74, 6) is -0.319. The van der Waals surface area contributed by atoms with Crippen molar-refractivity contribution in [3.05, 3.63) is 57.3 Å². The molecule has 3 N–H and O–H groups in total. The van der Waals surface area contributed by atoms with Gasteiger partial charge in [0.25, 0.3) is 0 Å². The number of hydrogen-bond acceptors (Lipinski definition) is 2. The fraction of sp³-hybridized carbons (Fsp3) is 0. The molecule has 0 spiro atoms. The Morgan fingerprint density at radius 3 is 2.58 bits per heavy atom. The Balaban J connectivity index is 2.28. The number of anilines is 2. The first-order chi connectivity index (χ1) is 8.97. The summed E-state index contributed by atoms with van der Waals surface area (Å²) < 4.78 is 13.5. The summed E-state index contributed by atoms with van der Waals surface area (Å²) >= 11 is 14.1. The zero-order valence-corrected chi connectivity index (χ0v) is 12.7. The van der Waals surface area contributed by atoms with Crippen LogP contribution in [0.15, 0.2) is 40.9 Å². The predicted octanol–water partition coefficient (Wildman–Crippen LogP) is 4.62. The van der Waals surface area contributed by atoms with Crippen molar-refractivity contribution in [1.82, 2.24) is 0 Å². The minimum Gasteiger partial charge on any atom is -0.389 e. The zero-order valence-electron chi connectivity index (χ0n) is 9.58. The SMILES string of the molecule is NC(=S)c1ccc(Nc2ccc(F)c(Br)c2)c(Cl)c1. The lowest BCUT2D eigenvalue weighted by Gasteiger charge is -2.10. The first-order valence-electron chi connectivity index (χ1n) is 5.29. The molecular formula is C13H9BrClFN2S. The molecule has 0 aliphatic carbocycles. The van der Waals surface area contributed by atoms with Crippen molar-refractivity contribution in [3.8, 4) is 0 Å². The molecule has 0 amide bonds. The molecule has 19 heavy (non-hydrogen) atoms. The van der Waals surface area contributed by atoms with Crippen LogP contribution in [0.25, 0.3) is 0 Å². The molecule has 0 aliphatic heterocycles. The fourth-order valence-electron chi connectivity index (χ4n) is 1.50. The van der Waals surface area contributed by atoms with E-state index in [1.807, 2.05) is 0 Å². The van der Waals surface area contributed by atoms with Crippen LogP contribution in [-0.2, 0) is 0 Å². The molecule has 6 heteroatoms. The summed E-state index contributed by atoms with van der Waals surface area (Å²) in [6.45, 7) is 0. The standard InChI is InChI=1S/C13H9BrClFN2S/c14-9-6-8(2-3-11(9)16)18-12-4-1-7(13(17)19)5-10(12)15/h1-6,18H,(H2,17,19). The number of benzene rings is 2. The molecule has 98 valence electrons. The van der Waals surface area contributed by atoms with E-state index in [2.05, 4.69) is 21.2 Å². The van der Waals surface area contributed by atoms with Crippen LogP contribution in [0.3, 0.4) is 0 Å². The Morgan fingerprint density at radius 2 is 2.00 bits per heavy atom. The molecule has 2 rings (SSSR count). The Morgan fingerprint density at radius 1 is 1.26 bits per heavy atom. The molecule has 0 fully saturated rings. The number of nitrogens with one attached hydrogen (secondary N) is 1. The van der Waals surface area contributed by atoms with Gasteiger partial charge in [-0.2, -0.15) is 0 Å². The van der Waals surface area contributed by atoms with E-state index in [4.69, 9.17) is 29.6 Å². The van der Waals surface area contributed by atoms with Crippen LogP contribution >= 0.6 is 39.7 Å². The summed E-state index contributed by atoms with van der Waals surface area (Å²) in [4.78, 5) is 0.290. The molecule has 0 bridgehead atoms. The summed E-state index contributed by atoms with van der Waals surface area (Å²) in [5, 5.41) is 3.59. The average molecular weight is 360 g/mol. The monoisotopic (exact) mass is 358 g/mol. The Kier molecular flexibility index (Phi) is 4.39. The van der Waals surface area contributed by atoms with Crippen molar-refractivity contribution >= 4 is 56.1 Å². The van der Waals surface area contributed by atoms with E-state index in [0.717, 1.165) is 5.69 Å². The van der Waals surface area contributed by atoms with E-state index >= 15 is 0 Å². The molecule has 0 heterocycles. The Bertz CT molecular complexity index is 649. The van der Waals surface area contributed by atoms with Gasteiger partial charge in [-0.3, -0.25) is 0 Å². The maximum absolute atomic E-state index is 13.1. The van der Waals surface area contributed by atoms with Gasteiger partial charge in [-0.25, -0.2) is 4.39 Å². The molecule has 0 atom stereocenters. The van der Waals surface area contributed by atoms with E-state index in [9.17, 15) is 4.39 Å². The normalized spacial score (nSPS) is 10.3. The van der Waals surface area contributed by atoms with E-state index in [-0.39, 0.29) is 10.8 Å². The minimum atomic E-state index is -0.319. The second kappa shape index (κ2) is 5.86. The number of rotatable bonds is 3. The van der Waals surface area contributed by atoms with Crippen LogP contribution in [0.2, 0.25) is 5.02 Å². The van der Waals surface area contributed by atoms with Crippen LogP contribution in [0, 0.1) is 5.82 Å². The first kappa shape index (κ1) is 14.2. The van der Waals surface area contributed by atoms with Crippen molar-refractivity contribution in [2.75, 3.05) is 5.32 Å². The van der Waals surface area contributed by atoms with Crippen molar-refractivity contribution in [1.29, 1.82) is 0 Å². The largest absolute Gasteiger partial charge is 0.389 e. The van der Waals surface area contributed by atoms with Gasteiger partial charge >= 0.3 is 0 Å². The molecule has 0 unspecified atom stereocenters. The Labute approximate surface area is 128 Å². The third kappa shape index (κ3) is 3.43. The van der Waals surface area contributed by atoms with Gasteiger partial charge in [0, 0.05) is 11.3 Å². The van der Waals surface area contributed by atoms with Crippen molar-refractivity contribution < 1.29 is 4.39 Å². The van der Waals surface area contributed by atoms with Crippen LogP contribution in [-0.4, -0.2) is 4.99 Å². The van der Waals surface area contributed by atoms with Gasteiger partial charge in [0.05, 0.1) is 15.2 Å². The zero-order chi connectivity index (χ0) is 14.0. The second-order valence-electron chi connectivity index (χ2n) is 3.81. The predicted molar refractivity (Wildman–Crippen MR) is 84.7 cm³/mol. The third-order valence-electron chi connectivity index (χ3n) is 2.45. The van der Waals surface area contributed by atoms with Crippen molar-refractivity contribution in [2.24, 2.45) is 5.73 Å². The molecule has 2 nitrogen and oxygen atoms in total. The van der Waals surface area contributed by atoms with Gasteiger partial charge in [-0.15, -0.1) is 0 Å². The molecule has 0 aliphatic rings. The quantitative estimate of drug-likeness (QED) is 0.785. The topological polar surface area (TPSA) is 38.0 Å². The molecule has 0 saturated heterocycles. The fourth-order valence-corrected chi connectivity index (χ4v) is 2.23. The van der Waals surface area contributed by atoms with Crippen LogP contribution in [0.4, 0.5) is 15.8 Å². The second-order valence-corrected chi connectivity index (χ2v) is 5.51. The lowest BCUT2D eigenvalue weighted by Crippen LogP contribution is -2.09. The van der Waals surface area contributed by atoms with E-state index in [1.165, 1.54) is 6.07 Å². The van der Waals surface area contributed by atoms with Gasteiger partial charge in [-0.1, -0.05) is 23.8 Å². The highest BCUT2D eigenvalue weighted by Crippen LogP contribution is 2.28. The summed E-state index contributed by atoms with van der Waals surface area (Å²) in [6, 6.07) is 9.85. The maximum atomic E-state index is 13.1. The van der Waals surface area contributed by atoms with Crippen molar-refractivity contribution in [3.63, 3.8) is 0 Å². The highest BCUT2D eigenvalue weighted by molar-refractivity contribution is 9.10. The maximum Gasteiger partial charge on any atom is 0.137 e. The van der Waals surface area contributed by atoms with Crippen LogP contribution < -0.4 is 11.1 Å². The van der Waals surface area contributed by atoms with Gasteiger partial charge in [0.2, 0.25) is 0 Å². The van der Waals surface area contributed by atoms with Crippen LogP contribution in [0.5, 0.6) is 0 Å². The van der Waals surface area contributed by atoms with Gasteiger partial charge in [-0.05, 0) is 52.3 Å². The summed E-state index contributed by atoms with van der Waals surface area (Å²) in [6.07, 6.45) is 0. The van der Waals surface area contributed by atoms with E-state index < -0.39 is 0 Å². The lowest BCUT2D eigenvalue weighted by molar-refractivity contribution is 0.621. The molecule has 0 radical (unpaired) electrons. The van der Waals surface area contributed by atoms with Gasteiger partial charge in [0.1, 0.15) is 10.8 Å². The molecule has 0 aromatic heterocycles. The molecule has 2 aromatic carbocycles. The number of hydrogen-bond donors (Lipinski definition) is 2. The average Bonchev–Trinajstić information content (AvgIpc) is 2.36. The third-order valence-corrected chi connectivity index (χ3v) is 3.61. The Hall–Kier alpha value is -1.17. The molecular weight excluding hydrogens is 351 g/mol. The van der Waals surface area contributed by atoms with Crippen LogP contribution in [0.1, 0.15) is 5.56 Å². The smallest absolute Gasteiger partial charge is 0.137 e. The first-order valence-corrected chi connectivity index (χ1v) is 6.87. The highest BCUT2D eigenvalue weighted by Gasteiger charge is 2.05. The molecule has 2 aromatic rings. The number of halogens is 3. The minimum absolute atomic E-state index is 0.290. The number of nitrogens with two attached hydrogens (primary N) is 1. The van der Waals surface area contributed by atoms with Gasteiger partial charge in [0.15, 0.2) is 0 Å². The summed E-state index contributed by atoms with van der Waals surface area (Å²) in [5.41, 5.74) is 7.64. The van der Waals surface area contributed by atoms with Gasteiger partial charge < -0.3 is 11.1 Å². The lowest BCUT2D eigenvalue weighted by atomic mass is 10.2. The summed E-state index contributed by atoms with van der Waals surface area (Å²) in [7, 11) is 0.